The van der Waals surface area contributed by atoms with E-state index in [1.165, 1.54) is 70.6 Å². The molecule has 0 unspecified atom stereocenters. The van der Waals surface area contributed by atoms with Crippen LogP contribution in [-0.4, -0.2) is 17.7 Å². The van der Waals surface area contributed by atoms with Crippen LogP contribution in [0.25, 0.3) is 0 Å². The fraction of sp³-hybridized carbons (Fsp3) is 0.759. The molecule has 0 amide bonds. The number of hydrogen-bond donors (Lipinski definition) is 1. The summed E-state index contributed by atoms with van der Waals surface area (Å²) in [5.74, 6) is 0.248. The molecule has 0 aliphatic carbocycles. The highest BCUT2D eigenvalue weighted by Crippen LogP contribution is 2.34. The Kier molecular flexibility index (Phi) is 14.4. The van der Waals surface area contributed by atoms with Crippen LogP contribution in [0.5, 0.6) is 5.75 Å². The van der Waals surface area contributed by atoms with Crippen molar-refractivity contribution in [2.45, 2.75) is 136 Å². The minimum Gasteiger partial charge on any atom is -0.507 e. The lowest BCUT2D eigenvalue weighted by Gasteiger charge is -2.22. The van der Waals surface area contributed by atoms with E-state index in [1.54, 1.807) is 0 Å². The average Bonchev–Trinajstić information content (AvgIpc) is 2.73. The van der Waals surface area contributed by atoms with Crippen LogP contribution in [-0.2, 0) is 21.4 Å². The van der Waals surface area contributed by atoms with E-state index in [9.17, 15) is 9.90 Å². The largest absolute Gasteiger partial charge is 0.507 e. The summed E-state index contributed by atoms with van der Waals surface area (Å²) < 4.78 is 5.43. The highest BCUT2D eigenvalue weighted by atomic mass is 16.5. The molecule has 0 radical (unpaired) electrons. The lowest BCUT2D eigenvalue weighted by atomic mass is 9.83. The second-order valence-electron chi connectivity index (χ2n) is 10.5. The third-order valence-electron chi connectivity index (χ3n) is 6.30. The number of aromatic hydroxyl groups is 1. The zero-order valence-corrected chi connectivity index (χ0v) is 21.7. The lowest BCUT2D eigenvalue weighted by molar-refractivity contribution is -0.143. The summed E-state index contributed by atoms with van der Waals surface area (Å²) in [5.41, 5.74) is 2.77. The second kappa shape index (κ2) is 16.2. The van der Waals surface area contributed by atoms with Crippen molar-refractivity contribution >= 4 is 5.97 Å². The van der Waals surface area contributed by atoms with Gasteiger partial charge in [0.15, 0.2) is 0 Å². The summed E-state index contributed by atoms with van der Waals surface area (Å²) in [6, 6.07) is 4.01. The molecule has 0 heterocycles. The molecule has 184 valence electrons. The number of aryl methyl sites for hydroxylation is 2. The Labute approximate surface area is 198 Å². The van der Waals surface area contributed by atoms with Crippen molar-refractivity contribution in [2.24, 2.45) is 0 Å². The smallest absolute Gasteiger partial charge is 0.306 e. The molecule has 0 fully saturated rings. The van der Waals surface area contributed by atoms with E-state index in [-0.39, 0.29) is 11.4 Å². The second-order valence-corrected chi connectivity index (χ2v) is 10.5. The van der Waals surface area contributed by atoms with Gasteiger partial charge in [0.05, 0.1) is 6.61 Å². The molecule has 0 aromatic heterocycles. The standard InChI is InChI=1S/C29H50O3/c1-6-7-8-9-10-11-12-13-14-15-16-17-18-21-32-27(30)20-19-25-22-24(2)28(31)26(23-25)29(3,4)5/h22-23,31H,6-21H2,1-5H3. The Morgan fingerprint density at radius 2 is 1.34 bits per heavy atom. The van der Waals surface area contributed by atoms with Gasteiger partial charge < -0.3 is 9.84 Å². The van der Waals surface area contributed by atoms with E-state index < -0.39 is 0 Å². The molecule has 1 aromatic rings. The topological polar surface area (TPSA) is 46.5 Å². The van der Waals surface area contributed by atoms with Crippen molar-refractivity contribution in [1.29, 1.82) is 0 Å². The van der Waals surface area contributed by atoms with E-state index in [0.717, 1.165) is 29.5 Å². The number of carbonyl (C=O) groups is 1. The summed E-state index contributed by atoms with van der Waals surface area (Å²) in [5, 5.41) is 10.3. The first-order valence-electron chi connectivity index (χ1n) is 13.2. The number of rotatable bonds is 17. The monoisotopic (exact) mass is 446 g/mol. The maximum Gasteiger partial charge on any atom is 0.306 e. The van der Waals surface area contributed by atoms with Gasteiger partial charge in [0.1, 0.15) is 5.75 Å². The Morgan fingerprint density at radius 3 is 1.84 bits per heavy atom. The summed E-state index contributed by atoms with van der Waals surface area (Å²) in [7, 11) is 0. The van der Waals surface area contributed by atoms with E-state index >= 15 is 0 Å². The zero-order valence-electron chi connectivity index (χ0n) is 21.7. The van der Waals surface area contributed by atoms with Gasteiger partial charge in [0.2, 0.25) is 0 Å². The van der Waals surface area contributed by atoms with E-state index in [1.807, 2.05) is 19.1 Å². The minimum atomic E-state index is -0.125. The first-order valence-corrected chi connectivity index (χ1v) is 13.2. The number of esters is 1. The number of hydrogen-bond acceptors (Lipinski definition) is 3. The predicted octanol–water partition coefficient (Wildman–Crippen LogP) is 8.57. The summed E-state index contributed by atoms with van der Waals surface area (Å²) in [4.78, 5) is 12.1. The normalized spacial score (nSPS) is 11.7. The van der Waals surface area contributed by atoms with Crippen molar-refractivity contribution < 1.29 is 14.6 Å². The van der Waals surface area contributed by atoms with Crippen LogP contribution in [0.4, 0.5) is 0 Å². The van der Waals surface area contributed by atoms with Crippen LogP contribution in [0.1, 0.15) is 134 Å². The zero-order chi connectivity index (χ0) is 23.8. The van der Waals surface area contributed by atoms with E-state index in [0.29, 0.717) is 25.2 Å². The fourth-order valence-electron chi connectivity index (χ4n) is 4.19. The van der Waals surface area contributed by atoms with E-state index in [4.69, 9.17) is 4.74 Å². The molecule has 0 aliphatic rings. The average molecular weight is 447 g/mol. The van der Waals surface area contributed by atoms with Crippen LogP contribution in [0.2, 0.25) is 0 Å². The number of benzene rings is 1. The Balaban J connectivity index is 2.06. The van der Waals surface area contributed by atoms with Gasteiger partial charge in [-0.1, -0.05) is 117 Å². The Morgan fingerprint density at radius 1 is 0.844 bits per heavy atom. The van der Waals surface area contributed by atoms with Crippen molar-refractivity contribution in [3.05, 3.63) is 28.8 Å². The first kappa shape index (κ1) is 28.5. The molecule has 32 heavy (non-hydrogen) atoms. The van der Waals surface area contributed by atoms with Gasteiger partial charge in [-0.05, 0) is 41.9 Å². The van der Waals surface area contributed by atoms with Gasteiger partial charge in [-0.2, -0.15) is 0 Å². The Bertz CT molecular complexity index is 643. The quantitative estimate of drug-likeness (QED) is 0.192. The number of unbranched alkanes of at least 4 members (excludes halogenated alkanes) is 12. The maximum absolute atomic E-state index is 12.1. The number of carbonyl (C=O) groups excluding carboxylic acids is 1. The molecule has 0 aliphatic heterocycles. The molecule has 0 saturated carbocycles. The summed E-state index contributed by atoms with van der Waals surface area (Å²) in [6.45, 7) is 11.0. The summed E-state index contributed by atoms with van der Waals surface area (Å²) in [6.07, 6.45) is 18.2. The van der Waals surface area contributed by atoms with Crippen LogP contribution < -0.4 is 0 Å². The third kappa shape index (κ3) is 12.5. The van der Waals surface area contributed by atoms with Crippen LogP contribution in [0.3, 0.4) is 0 Å². The maximum atomic E-state index is 12.1. The number of ether oxygens (including phenoxy) is 1. The highest BCUT2D eigenvalue weighted by Gasteiger charge is 2.20. The molecule has 1 aromatic carbocycles. The molecule has 0 bridgehead atoms. The fourth-order valence-corrected chi connectivity index (χ4v) is 4.19. The van der Waals surface area contributed by atoms with Gasteiger partial charge in [0.25, 0.3) is 0 Å². The van der Waals surface area contributed by atoms with Gasteiger partial charge >= 0.3 is 5.97 Å². The Hall–Kier alpha value is -1.51. The molecular formula is C29H50O3. The molecule has 1 rings (SSSR count). The van der Waals surface area contributed by atoms with Crippen molar-refractivity contribution in [3.8, 4) is 5.75 Å². The molecular weight excluding hydrogens is 396 g/mol. The molecule has 0 atom stereocenters. The lowest BCUT2D eigenvalue weighted by Crippen LogP contribution is -2.13. The SMILES string of the molecule is CCCCCCCCCCCCCCCOC(=O)CCc1cc(C)c(O)c(C(C)(C)C)c1. The predicted molar refractivity (Wildman–Crippen MR) is 137 cm³/mol. The molecule has 0 saturated heterocycles. The van der Waals surface area contributed by atoms with Gasteiger partial charge in [0, 0.05) is 6.42 Å². The molecule has 1 N–H and O–H groups in total. The van der Waals surface area contributed by atoms with Crippen molar-refractivity contribution in [2.75, 3.05) is 6.61 Å². The summed E-state index contributed by atoms with van der Waals surface area (Å²) >= 11 is 0. The third-order valence-corrected chi connectivity index (χ3v) is 6.30. The van der Waals surface area contributed by atoms with Crippen molar-refractivity contribution in [1.82, 2.24) is 0 Å². The van der Waals surface area contributed by atoms with Gasteiger partial charge in [-0.15, -0.1) is 0 Å². The minimum absolute atomic E-state index is 0.119. The van der Waals surface area contributed by atoms with Crippen molar-refractivity contribution in [3.63, 3.8) is 0 Å². The highest BCUT2D eigenvalue weighted by molar-refractivity contribution is 5.69. The van der Waals surface area contributed by atoms with Crippen LogP contribution >= 0.6 is 0 Å². The molecule has 3 nitrogen and oxygen atoms in total. The number of phenolic OH excluding ortho intramolecular Hbond substituents is 1. The number of phenols is 1. The molecule has 0 spiro atoms. The van der Waals surface area contributed by atoms with Gasteiger partial charge in [-0.3, -0.25) is 4.79 Å². The first-order chi connectivity index (χ1) is 15.3. The van der Waals surface area contributed by atoms with E-state index in [2.05, 4.69) is 27.7 Å². The molecule has 3 heteroatoms. The van der Waals surface area contributed by atoms with Crippen LogP contribution in [0.15, 0.2) is 12.1 Å². The van der Waals surface area contributed by atoms with Crippen LogP contribution in [0, 0.1) is 6.92 Å². The van der Waals surface area contributed by atoms with Gasteiger partial charge in [-0.25, -0.2) is 0 Å².